The number of halogens is 2. The minimum Gasteiger partial charge on any atom is -0.357 e. The summed E-state index contributed by atoms with van der Waals surface area (Å²) in [4.78, 5) is 27.6. The van der Waals surface area contributed by atoms with E-state index >= 15 is 0 Å². The van der Waals surface area contributed by atoms with Gasteiger partial charge in [0.15, 0.2) is 0 Å². The molecule has 2 amide bonds. The largest absolute Gasteiger partial charge is 0.357 e. The summed E-state index contributed by atoms with van der Waals surface area (Å²) in [5.41, 5.74) is 2.82. The molecule has 0 aromatic heterocycles. The highest BCUT2D eigenvalue weighted by atomic mass is 35.5. The fourth-order valence-corrected chi connectivity index (χ4v) is 5.44. The third-order valence-corrected chi connectivity index (χ3v) is 8.49. The molecule has 0 saturated heterocycles. The molecule has 3 aromatic rings. The molecule has 3 rings (SSSR count). The van der Waals surface area contributed by atoms with Crippen molar-refractivity contribution in [2.24, 2.45) is 0 Å². The molecule has 0 heterocycles. The lowest BCUT2D eigenvalue weighted by Gasteiger charge is -2.32. The average Bonchev–Trinajstić information content (AvgIpc) is 2.87. The summed E-state index contributed by atoms with van der Waals surface area (Å²) in [5, 5.41) is 3.21. The van der Waals surface area contributed by atoms with Gasteiger partial charge in [-0.05, 0) is 62.7 Å². The number of sulfonamides is 1. The van der Waals surface area contributed by atoms with Crippen LogP contribution >= 0.6 is 23.2 Å². The highest BCUT2D eigenvalue weighted by Crippen LogP contribution is 2.26. The third-order valence-electron chi connectivity index (χ3n) is 5.96. The monoisotopic (exact) mass is 561 g/mol. The number of anilines is 1. The Morgan fingerprint density at radius 1 is 0.892 bits per heavy atom. The molecule has 3 aromatic carbocycles. The van der Waals surface area contributed by atoms with E-state index < -0.39 is 34.4 Å². The van der Waals surface area contributed by atoms with E-state index in [0.717, 1.165) is 15.4 Å². The van der Waals surface area contributed by atoms with Crippen LogP contribution in [0.5, 0.6) is 0 Å². The molecule has 37 heavy (non-hydrogen) atoms. The van der Waals surface area contributed by atoms with Crippen molar-refractivity contribution in [2.75, 3.05) is 17.9 Å². The van der Waals surface area contributed by atoms with Crippen molar-refractivity contribution in [1.29, 1.82) is 0 Å². The Balaban J connectivity index is 2.03. The molecule has 196 valence electrons. The SMILES string of the molecule is CNC(=O)[C@H](C)N(Cc1ccc(Cl)c(Cl)c1)C(=O)CN(c1ccc(C)cc1)S(=O)(=O)c1ccc(C)cc1. The van der Waals surface area contributed by atoms with E-state index in [1.165, 1.54) is 24.1 Å². The lowest BCUT2D eigenvalue weighted by atomic mass is 10.1. The molecule has 0 aliphatic carbocycles. The first-order valence-corrected chi connectivity index (χ1v) is 13.7. The second-order valence-electron chi connectivity index (χ2n) is 8.72. The van der Waals surface area contributed by atoms with Crippen LogP contribution in [0.15, 0.2) is 71.6 Å². The van der Waals surface area contributed by atoms with E-state index in [-0.39, 0.29) is 11.4 Å². The zero-order chi connectivity index (χ0) is 27.3. The van der Waals surface area contributed by atoms with Gasteiger partial charge >= 0.3 is 0 Å². The fraction of sp³-hybridized carbons (Fsp3) is 0.259. The van der Waals surface area contributed by atoms with Crippen LogP contribution in [-0.2, 0) is 26.2 Å². The van der Waals surface area contributed by atoms with Crippen LogP contribution in [0.25, 0.3) is 0 Å². The van der Waals surface area contributed by atoms with E-state index in [9.17, 15) is 18.0 Å². The van der Waals surface area contributed by atoms with Crippen LogP contribution in [0.3, 0.4) is 0 Å². The number of likely N-dealkylation sites (N-methyl/N-ethyl adjacent to an activating group) is 1. The number of hydrogen-bond donors (Lipinski definition) is 1. The minimum absolute atomic E-state index is 0.0244. The van der Waals surface area contributed by atoms with Gasteiger partial charge < -0.3 is 10.2 Å². The van der Waals surface area contributed by atoms with Gasteiger partial charge in [-0.1, -0.05) is 64.7 Å². The van der Waals surface area contributed by atoms with Crippen molar-refractivity contribution < 1.29 is 18.0 Å². The van der Waals surface area contributed by atoms with Gasteiger partial charge in [-0.25, -0.2) is 8.42 Å². The molecule has 10 heteroatoms. The normalized spacial score (nSPS) is 12.1. The van der Waals surface area contributed by atoms with Crippen molar-refractivity contribution in [3.05, 3.63) is 93.5 Å². The van der Waals surface area contributed by atoms with Gasteiger partial charge in [-0.2, -0.15) is 0 Å². The Morgan fingerprint density at radius 3 is 2.00 bits per heavy atom. The zero-order valence-corrected chi connectivity index (χ0v) is 23.4. The second-order valence-corrected chi connectivity index (χ2v) is 11.4. The molecular weight excluding hydrogens is 533 g/mol. The number of hydrogen-bond acceptors (Lipinski definition) is 4. The quantitative estimate of drug-likeness (QED) is 0.399. The number of aryl methyl sites for hydroxylation is 2. The topological polar surface area (TPSA) is 86.8 Å². The van der Waals surface area contributed by atoms with Crippen molar-refractivity contribution >= 4 is 50.7 Å². The van der Waals surface area contributed by atoms with Gasteiger partial charge in [-0.3, -0.25) is 13.9 Å². The molecule has 7 nitrogen and oxygen atoms in total. The summed E-state index contributed by atoms with van der Waals surface area (Å²) < 4.78 is 28.5. The Kier molecular flexibility index (Phi) is 9.23. The van der Waals surface area contributed by atoms with E-state index in [4.69, 9.17) is 23.2 Å². The molecular formula is C27H29Cl2N3O4S. The van der Waals surface area contributed by atoms with Crippen molar-refractivity contribution in [3.8, 4) is 0 Å². The first-order chi connectivity index (χ1) is 17.4. The predicted octanol–water partition coefficient (Wildman–Crippen LogP) is 4.97. The molecule has 1 N–H and O–H groups in total. The number of benzene rings is 3. The van der Waals surface area contributed by atoms with Crippen LogP contribution in [0.1, 0.15) is 23.6 Å². The maximum Gasteiger partial charge on any atom is 0.264 e. The molecule has 1 atom stereocenters. The van der Waals surface area contributed by atoms with Crippen molar-refractivity contribution in [2.45, 2.75) is 38.3 Å². The molecule has 0 aliphatic rings. The van der Waals surface area contributed by atoms with Crippen LogP contribution < -0.4 is 9.62 Å². The Labute approximate surface area is 228 Å². The van der Waals surface area contributed by atoms with Gasteiger partial charge in [-0.15, -0.1) is 0 Å². The van der Waals surface area contributed by atoms with Gasteiger partial charge in [0.2, 0.25) is 11.8 Å². The van der Waals surface area contributed by atoms with Gasteiger partial charge in [0, 0.05) is 13.6 Å². The lowest BCUT2D eigenvalue weighted by molar-refractivity contribution is -0.139. The standard InChI is InChI=1S/C27H29Cl2N3O4S/c1-18-5-10-22(11-6-18)32(37(35,36)23-12-7-19(2)8-13-23)17-26(33)31(20(3)27(34)30-4)16-21-9-14-24(28)25(29)15-21/h5-15,20H,16-17H2,1-4H3,(H,30,34)/t20-/m0/s1. The van der Waals surface area contributed by atoms with Gasteiger partial charge in [0.1, 0.15) is 12.6 Å². The number of carbonyl (C=O) groups is 2. The number of nitrogens with zero attached hydrogens (tertiary/aromatic N) is 2. The predicted molar refractivity (Wildman–Crippen MR) is 147 cm³/mol. The number of amides is 2. The Hall–Kier alpha value is -3.07. The third kappa shape index (κ3) is 6.83. The fourth-order valence-electron chi connectivity index (χ4n) is 3.70. The summed E-state index contributed by atoms with van der Waals surface area (Å²) in [5.74, 6) is -0.949. The van der Waals surface area contributed by atoms with Crippen molar-refractivity contribution in [3.63, 3.8) is 0 Å². The summed E-state index contributed by atoms with van der Waals surface area (Å²) in [6.07, 6.45) is 0. The maximum absolute atomic E-state index is 13.7. The molecule has 0 fully saturated rings. The Bertz CT molecular complexity index is 1380. The van der Waals surface area contributed by atoms with Crippen LogP contribution in [0, 0.1) is 13.8 Å². The molecule has 0 bridgehead atoms. The first kappa shape index (κ1) is 28.5. The summed E-state index contributed by atoms with van der Waals surface area (Å²) >= 11 is 12.2. The molecule has 0 spiro atoms. The smallest absolute Gasteiger partial charge is 0.264 e. The molecule has 0 aliphatic heterocycles. The number of carbonyl (C=O) groups excluding carboxylic acids is 2. The average molecular weight is 563 g/mol. The first-order valence-electron chi connectivity index (χ1n) is 11.5. The van der Waals surface area contributed by atoms with Crippen molar-refractivity contribution in [1.82, 2.24) is 10.2 Å². The maximum atomic E-state index is 13.7. The van der Waals surface area contributed by atoms with Crippen LogP contribution in [0.2, 0.25) is 10.0 Å². The van der Waals surface area contributed by atoms with Gasteiger partial charge in [0.05, 0.1) is 20.6 Å². The van der Waals surface area contributed by atoms with E-state index in [1.54, 1.807) is 61.5 Å². The van der Waals surface area contributed by atoms with E-state index in [0.29, 0.717) is 21.3 Å². The lowest BCUT2D eigenvalue weighted by Crippen LogP contribution is -2.50. The van der Waals surface area contributed by atoms with E-state index in [1.807, 2.05) is 13.8 Å². The summed E-state index contributed by atoms with van der Waals surface area (Å²) in [7, 11) is -2.63. The highest BCUT2D eigenvalue weighted by Gasteiger charge is 2.32. The molecule has 0 saturated carbocycles. The van der Waals surface area contributed by atoms with Crippen LogP contribution in [-0.4, -0.2) is 44.8 Å². The Morgan fingerprint density at radius 2 is 1.46 bits per heavy atom. The van der Waals surface area contributed by atoms with E-state index in [2.05, 4.69) is 5.32 Å². The summed E-state index contributed by atoms with van der Waals surface area (Å²) in [6.45, 7) is 4.84. The molecule has 0 radical (unpaired) electrons. The molecule has 0 unspecified atom stereocenters. The highest BCUT2D eigenvalue weighted by molar-refractivity contribution is 7.92. The van der Waals surface area contributed by atoms with Crippen LogP contribution in [0.4, 0.5) is 5.69 Å². The zero-order valence-electron chi connectivity index (χ0n) is 21.0. The number of nitrogens with one attached hydrogen (secondary N) is 1. The second kappa shape index (κ2) is 12.0. The summed E-state index contributed by atoms with van der Waals surface area (Å²) in [6, 6.07) is 17.3. The minimum atomic E-state index is -4.10. The number of rotatable bonds is 9. The van der Waals surface area contributed by atoms with Gasteiger partial charge in [0.25, 0.3) is 10.0 Å².